The highest BCUT2D eigenvalue weighted by molar-refractivity contribution is 5.76. The van der Waals surface area contributed by atoms with Crippen LogP contribution in [0.2, 0.25) is 0 Å². The Morgan fingerprint density at radius 1 is 1.25 bits per heavy atom. The van der Waals surface area contributed by atoms with Crippen molar-refractivity contribution >= 4 is 5.57 Å². The van der Waals surface area contributed by atoms with Crippen molar-refractivity contribution in [2.45, 2.75) is 39.3 Å². The van der Waals surface area contributed by atoms with Gasteiger partial charge in [-0.2, -0.15) is 10.1 Å². The molecule has 7 nitrogen and oxygen atoms in total. The smallest absolute Gasteiger partial charge is 0.261 e. The number of nitrogens with one attached hydrogen (secondary N) is 1. The van der Waals surface area contributed by atoms with Crippen LogP contribution in [0.3, 0.4) is 0 Å². The minimum atomic E-state index is -0.962. The van der Waals surface area contributed by atoms with Gasteiger partial charge in [-0.05, 0) is 26.0 Å². The van der Waals surface area contributed by atoms with Crippen LogP contribution in [-0.2, 0) is 5.41 Å². The van der Waals surface area contributed by atoms with Crippen molar-refractivity contribution in [2.24, 2.45) is 0 Å². The van der Waals surface area contributed by atoms with Gasteiger partial charge in [-0.1, -0.05) is 31.1 Å². The third-order valence-corrected chi connectivity index (χ3v) is 5.01. The summed E-state index contributed by atoms with van der Waals surface area (Å²) in [5, 5.41) is 22.4. The number of hydrogen-bond donors (Lipinski definition) is 2. The maximum Gasteiger partial charge on any atom is 0.261 e. The second kappa shape index (κ2) is 6.56. The zero-order chi connectivity index (χ0) is 20.1. The normalized spacial score (nSPS) is 17.1. The van der Waals surface area contributed by atoms with Crippen LogP contribution in [0.15, 0.2) is 35.0 Å². The first kappa shape index (κ1) is 18.4. The van der Waals surface area contributed by atoms with Gasteiger partial charge in [0.2, 0.25) is 0 Å². The number of fused-ring (bicyclic) bond motifs is 1. The summed E-state index contributed by atoms with van der Waals surface area (Å²) < 4.78 is 18.7. The monoisotopic (exact) mass is 383 g/mol. The summed E-state index contributed by atoms with van der Waals surface area (Å²) >= 11 is 0. The Balaban J connectivity index is 1.85. The molecule has 1 atom stereocenters. The number of rotatable bonds is 3. The summed E-state index contributed by atoms with van der Waals surface area (Å²) in [4.78, 5) is 6.16. The van der Waals surface area contributed by atoms with E-state index in [4.69, 9.17) is 4.52 Å². The molecule has 1 aromatic carbocycles. The maximum absolute atomic E-state index is 13.3. The number of aryl methyl sites for hydroxylation is 2. The first-order valence-electron chi connectivity index (χ1n) is 9.04. The fraction of sp³-hybridized carbons (Fsp3) is 0.350. The molecule has 0 spiro atoms. The zero-order valence-corrected chi connectivity index (χ0v) is 16.2. The van der Waals surface area contributed by atoms with Gasteiger partial charge in [0.05, 0.1) is 17.0 Å². The van der Waals surface area contributed by atoms with E-state index in [1.54, 1.807) is 30.2 Å². The molecule has 4 rings (SSSR count). The van der Waals surface area contributed by atoms with E-state index in [2.05, 4.69) is 34.2 Å². The molecule has 1 aliphatic rings. The minimum absolute atomic E-state index is 0.333. The second-order valence-electron chi connectivity index (χ2n) is 7.73. The topological polar surface area (TPSA) is 91.1 Å². The fourth-order valence-electron chi connectivity index (χ4n) is 3.82. The van der Waals surface area contributed by atoms with Crippen LogP contribution in [0, 0.1) is 19.7 Å². The summed E-state index contributed by atoms with van der Waals surface area (Å²) in [6.07, 6.45) is 0.836. The quantitative estimate of drug-likeness (QED) is 0.722. The van der Waals surface area contributed by atoms with Gasteiger partial charge >= 0.3 is 0 Å². The predicted molar refractivity (Wildman–Crippen MR) is 101 cm³/mol. The molecule has 1 aliphatic heterocycles. The van der Waals surface area contributed by atoms with Gasteiger partial charge in [-0.15, -0.1) is 0 Å². The van der Waals surface area contributed by atoms with E-state index in [1.807, 2.05) is 6.92 Å². The molecule has 0 amide bonds. The van der Waals surface area contributed by atoms with Gasteiger partial charge in [0.15, 0.2) is 12.1 Å². The van der Waals surface area contributed by atoms with Crippen molar-refractivity contribution < 1.29 is 14.0 Å². The van der Waals surface area contributed by atoms with E-state index in [-0.39, 0.29) is 11.2 Å². The number of halogens is 1. The van der Waals surface area contributed by atoms with Gasteiger partial charge in [0, 0.05) is 29.3 Å². The van der Waals surface area contributed by atoms with Crippen molar-refractivity contribution in [1.29, 1.82) is 0 Å². The molecular formula is C20H22FN5O2. The third-order valence-electron chi connectivity index (χ3n) is 5.01. The van der Waals surface area contributed by atoms with E-state index in [0.717, 1.165) is 17.0 Å². The van der Waals surface area contributed by atoms with Crippen LogP contribution >= 0.6 is 0 Å². The van der Waals surface area contributed by atoms with E-state index >= 15 is 0 Å². The molecule has 0 saturated carbocycles. The second-order valence-corrected chi connectivity index (χ2v) is 7.73. The number of aliphatic hydroxyl groups excluding tert-OH is 1. The summed E-state index contributed by atoms with van der Waals surface area (Å²) in [6.45, 7) is 8.39. The Morgan fingerprint density at radius 2 is 1.96 bits per heavy atom. The van der Waals surface area contributed by atoms with Gasteiger partial charge in [0.25, 0.3) is 5.89 Å². The molecule has 8 heteroatoms. The van der Waals surface area contributed by atoms with Crippen LogP contribution in [0.1, 0.15) is 54.3 Å². The third kappa shape index (κ3) is 3.09. The van der Waals surface area contributed by atoms with E-state index in [9.17, 15) is 9.50 Å². The van der Waals surface area contributed by atoms with Crippen molar-refractivity contribution in [3.05, 3.63) is 70.5 Å². The lowest BCUT2D eigenvalue weighted by molar-refractivity contribution is 0.0260. The number of aromatic nitrogens is 4. The van der Waals surface area contributed by atoms with Crippen molar-refractivity contribution in [3.63, 3.8) is 0 Å². The SMILES string of the molecule is Cc1noc(C2=CN(C(O)c3ccc(F)cc3)CC(C)(C)c3c(C)n[nH]c32)n1. The van der Waals surface area contributed by atoms with Gasteiger partial charge < -0.3 is 14.5 Å². The lowest BCUT2D eigenvalue weighted by atomic mass is 9.82. The Labute approximate surface area is 161 Å². The van der Waals surface area contributed by atoms with E-state index in [1.165, 1.54) is 12.1 Å². The Kier molecular flexibility index (Phi) is 4.30. The van der Waals surface area contributed by atoms with Crippen LogP contribution < -0.4 is 0 Å². The van der Waals surface area contributed by atoms with Crippen LogP contribution in [0.25, 0.3) is 5.57 Å². The highest BCUT2D eigenvalue weighted by Crippen LogP contribution is 2.39. The van der Waals surface area contributed by atoms with Crippen molar-refractivity contribution in [1.82, 2.24) is 25.2 Å². The fourth-order valence-corrected chi connectivity index (χ4v) is 3.82. The first-order valence-corrected chi connectivity index (χ1v) is 9.04. The molecule has 3 heterocycles. The number of H-pyrrole nitrogens is 1. The number of aromatic amines is 1. The Hall–Kier alpha value is -3.00. The molecule has 2 aromatic heterocycles. The molecule has 0 saturated heterocycles. The standard InChI is InChI=1S/C20H22FN5O2/c1-11-16-17(24-23-11)15(18-22-12(2)25-28-18)9-26(10-20(16,3)4)19(27)13-5-7-14(21)8-6-13/h5-9,19,27H,10H2,1-4H3,(H,23,24). The first-order chi connectivity index (χ1) is 13.3. The molecule has 0 bridgehead atoms. The lowest BCUT2D eigenvalue weighted by Crippen LogP contribution is -2.35. The maximum atomic E-state index is 13.3. The van der Waals surface area contributed by atoms with Crippen LogP contribution in [0.5, 0.6) is 0 Å². The van der Waals surface area contributed by atoms with Gasteiger partial charge in [-0.25, -0.2) is 4.39 Å². The highest BCUT2D eigenvalue weighted by Gasteiger charge is 2.37. The lowest BCUT2D eigenvalue weighted by Gasteiger charge is -2.34. The van der Waals surface area contributed by atoms with E-state index in [0.29, 0.717) is 29.4 Å². The van der Waals surface area contributed by atoms with E-state index < -0.39 is 6.23 Å². The molecule has 28 heavy (non-hydrogen) atoms. The largest absolute Gasteiger partial charge is 0.369 e. The summed E-state index contributed by atoms with van der Waals surface area (Å²) in [5.74, 6) is 0.514. The molecule has 0 aliphatic carbocycles. The molecule has 146 valence electrons. The number of nitrogens with zero attached hydrogens (tertiary/aromatic N) is 4. The van der Waals surface area contributed by atoms with Gasteiger partial charge in [0.1, 0.15) is 5.82 Å². The number of aliphatic hydroxyl groups is 1. The summed E-state index contributed by atoms with van der Waals surface area (Å²) in [5.41, 5.74) is 3.61. The predicted octanol–water partition coefficient (Wildman–Crippen LogP) is 3.22. The summed E-state index contributed by atoms with van der Waals surface area (Å²) in [7, 11) is 0. The average molecular weight is 383 g/mol. The molecule has 3 aromatic rings. The minimum Gasteiger partial charge on any atom is -0.369 e. The van der Waals surface area contributed by atoms with Gasteiger partial charge in [-0.3, -0.25) is 5.10 Å². The Morgan fingerprint density at radius 3 is 2.61 bits per heavy atom. The van der Waals surface area contributed by atoms with Crippen LogP contribution in [0.4, 0.5) is 4.39 Å². The number of benzene rings is 1. The molecule has 0 radical (unpaired) electrons. The highest BCUT2D eigenvalue weighted by atomic mass is 19.1. The average Bonchev–Trinajstić information content (AvgIpc) is 3.21. The molecule has 0 fully saturated rings. The zero-order valence-electron chi connectivity index (χ0n) is 16.2. The molecule has 2 N–H and O–H groups in total. The van der Waals surface area contributed by atoms with Crippen LogP contribution in [-0.4, -0.2) is 36.9 Å². The molecular weight excluding hydrogens is 361 g/mol. The van der Waals surface area contributed by atoms with Crippen molar-refractivity contribution in [2.75, 3.05) is 6.54 Å². The molecule has 1 unspecified atom stereocenters. The number of hydrogen-bond acceptors (Lipinski definition) is 6. The summed E-state index contributed by atoms with van der Waals surface area (Å²) in [6, 6.07) is 5.83. The van der Waals surface area contributed by atoms with Crippen molar-refractivity contribution in [3.8, 4) is 0 Å². The Bertz CT molecular complexity index is 1040.